The minimum absolute atomic E-state index is 0.225. The first kappa shape index (κ1) is 14.1. The summed E-state index contributed by atoms with van der Waals surface area (Å²) in [5.41, 5.74) is -0.149. The van der Waals surface area contributed by atoms with Crippen LogP contribution in [0.3, 0.4) is 0 Å². The minimum Gasteiger partial charge on any atom is -0.493 e. The van der Waals surface area contributed by atoms with Crippen molar-refractivity contribution in [1.29, 1.82) is 0 Å². The van der Waals surface area contributed by atoms with E-state index in [1.807, 2.05) is 0 Å². The Kier molecular flexibility index (Phi) is 4.40. The van der Waals surface area contributed by atoms with Crippen LogP contribution in [0.15, 0.2) is 33.5 Å². The summed E-state index contributed by atoms with van der Waals surface area (Å²) >= 11 is 0. The molecule has 20 heavy (non-hydrogen) atoms. The van der Waals surface area contributed by atoms with Gasteiger partial charge in [0.1, 0.15) is 11.3 Å². The largest absolute Gasteiger partial charge is 0.493 e. The van der Waals surface area contributed by atoms with Gasteiger partial charge in [0.2, 0.25) is 5.76 Å². The summed E-state index contributed by atoms with van der Waals surface area (Å²) in [4.78, 5) is 22.6. The zero-order valence-corrected chi connectivity index (χ0v) is 11.2. The number of benzene rings is 1. The summed E-state index contributed by atoms with van der Waals surface area (Å²) in [6.45, 7) is 2.69. The van der Waals surface area contributed by atoms with E-state index in [0.717, 1.165) is 25.3 Å². The van der Waals surface area contributed by atoms with Crippen molar-refractivity contribution in [3.8, 4) is 5.75 Å². The Bertz CT molecular complexity index is 672. The molecule has 1 N–H and O–H groups in total. The fraction of sp³-hybridized carbons (Fsp3) is 0.333. The Labute approximate surface area is 115 Å². The van der Waals surface area contributed by atoms with E-state index in [9.17, 15) is 9.59 Å². The fourth-order valence-corrected chi connectivity index (χ4v) is 1.87. The normalized spacial score (nSPS) is 10.7. The van der Waals surface area contributed by atoms with Crippen LogP contribution >= 0.6 is 0 Å². The SMILES string of the molecule is CCCCCOc1ccc2c(=O)cc(C(=O)O)oc2c1. The molecule has 0 atom stereocenters. The quantitative estimate of drug-likeness (QED) is 0.820. The summed E-state index contributed by atoms with van der Waals surface area (Å²) < 4.78 is 10.7. The van der Waals surface area contributed by atoms with Crippen LogP contribution < -0.4 is 10.2 Å². The number of hydrogen-bond donors (Lipinski definition) is 1. The third kappa shape index (κ3) is 3.17. The van der Waals surface area contributed by atoms with Crippen molar-refractivity contribution in [2.75, 3.05) is 6.61 Å². The Balaban J connectivity index is 2.28. The summed E-state index contributed by atoms with van der Waals surface area (Å²) in [7, 11) is 0. The van der Waals surface area contributed by atoms with Crippen LogP contribution in [0.4, 0.5) is 0 Å². The van der Waals surface area contributed by atoms with E-state index in [4.69, 9.17) is 14.3 Å². The Hall–Kier alpha value is -2.30. The van der Waals surface area contributed by atoms with Gasteiger partial charge in [-0.25, -0.2) is 4.79 Å². The van der Waals surface area contributed by atoms with Crippen molar-refractivity contribution >= 4 is 16.9 Å². The average molecular weight is 276 g/mol. The van der Waals surface area contributed by atoms with Gasteiger partial charge >= 0.3 is 5.97 Å². The molecule has 0 saturated carbocycles. The van der Waals surface area contributed by atoms with E-state index in [-0.39, 0.29) is 16.8 Å². The molecular formula is C15H16O5. The summed E-state index contributed by atoms with van der Waals surface area (Å²) in [5.74, 6) is -1.07. The predicted molar refractivity (Wildman–Crippen MR) is 74.5 cm³/mol. The number of carboxylic acids is 1. The number of unbranched alkanes of at least 4 members (excludes halogenated alkanes) is 2. The molecule has 0 aliphatic carbocycles. The van der Waals surface area contributed by atoms with Crippen LogP contribution in [0, 0.1) is 0 Å². The highest BCUT2D eigenvalue weighted by atomic mass is 16.5. The maximum atomic E-state index is 11.8. The number of fused-ring (bicyclic) bond motifs is 1. The van der Waals surface area contributed by atoms with Gasteiger partial charge < -0.3 is 14.3 Å². The van der Waals surface area contributed by atoms with Crippen LogP contribution in [0.1, 0.15) is 36.7 Å². The molecule has 1 aromatic carbocycles. The van der Waals surface area contributed by atoms with E-state index in [2.05, 4.69) is 6.92 Å². The highest BCUT2D eigenvalue weighted by molar-refractivity contribution is 5.87. The monoisotopic (exact) mass is 276 g/mol. The number of aromatic carboxylic acids is 1. The van der Waals surface area contributed by atoms with Crippen LogP contribution in [0.25, 0.3) is 11.0 Å². The topological polar surface area (TPSA) is 76.7 Å². The Morgan fingerprint density at radius 1 is 1.30 bits per heavy atom. The van der Waals surface area contributed by atoms with E-state index < -0.39 is 5.97 Å². The molecule has 106 valence electrons. The number of carboxylic acid groups (broad SMARTS) is 1. The first-order valence-corrected chi connectivity index (χ1v) is 6.56. The van der Waals surface area contributed by atoms with Crippen LogP contribution in [0.5, 0.6) is 5.75 Å². The minimum atomic E-state index is -1.27. The first-order chi connectivity index (χ1) is 9.61. The molecule has 2 aromatic rings. The third-order valence-corrected chi connectivity index (χ3v) is 2.93. The van der Waals surface area contributed by atoms with Crippen molar-refractivity contribution in [3.05, 3.63) is 40.2 Å². The zero-order chi connectivity index (χ0) is 14.5. The maximum absolute atomic E-state index is 11.8. The maximum Gasteiger partial charge on any atom is 0.371 e. The van der Waals surface area contributed by atoms with Gasteiger partial charge in [-0.15, -0.1) is 0 Å². The van der Waals surface area contributed by atoms with Crippen molar-refractivity contribution in [1.82, 2.24) is 0 Å². The molecule has 0 saturated heterocycles. The average Bonchev–Trinajstić information content (AvgIpc) is 2.43. The van der Waals surface area contributed by atoms with Gasteiger partial charge in [0.05, 0.1) is 12.0 Å². The second-order valence-electron chi connectivity index (χ2n) is 4.49. The molecular weight excluding hydrogens is 260 g/mol. The van der Waals surface area contributed by atoms with E-state index in [1.54, 1.807) is 18.2 Å². The summed E-state index contributed by atoms with van der Waals surface area (Å²) in [6.07, 6.45) is 3.15. The molecule has 5 nitrogen and oxygen atoms in total. The van der Waals surface area contributed by atoms with Crippen LogP contribution in [-0.4, -0.2) is 17.7 Å². The van der Waals surface area contributed by atoms with Gasteiger partial charge in [-0.2, -0.15) is 0 Å². The molecule has 1 aromatic heterocycles. The molecule has 0 amide bonds. The molecule has 0 unspecified atom stereocenters. The zero-order valence-electron chi connectivity index (χ0n) is 11.2. The lowest BCUT2D eigenvalue weighted by Gasteiger charge is -2.06. The highest BCUT2D eigenvalue weighted by Gasteiger charge is 2.11. The van der Waals surface area contributed by atoms with Crippen molar-refractivity contribution in [2.24, 2.45) is 0 Å². The van der Waals surface area contributed by atoms with Crippen molar-refractivity contribution in [2.45, 2.75) is 26.2 Å². The van der Waals surface area contributed by atoms with Crippen LogP contribution in [0.2, 0.25) is 0 Å². The van der Waals surface area contributed by atoms with Gasteiger partial charge in [-0.05, 0) is 18.6 Å². The van der Waals surface area contributed by atoms with E-state index in [1.165, 1.54) is 0 Å². The molecule has 5 heteroatoms. The number of hydrogen-bond acceptors (Lipinski definition) is 4. The molecule has 1 heterocycles. The van der Waals surface area contributed by atoms with E-state index in [0.29, 0.717) is 17.7 Å². The smallest absolute Gasteiger partial charge is 0.371 e. The number of carbonyl (C=O) groups is 1. The first-order valence-electron chi connectivity index (χ1n) is 6.56. The number of ether oxygens (including phenoxy) is 1. The van der Waals surface area contributed by atoms with Crippen molar-refractivity contribution < 1.29 is 19.1 Å². The molecule has 0 spiro atoms. The van der Waals surface area contributed by atoms with Crippen LogP contribution in [-0.2, 0) is 0 Å². The standard InChI is InChI=1S/C15H16O5/c1-2-3-4-7-19-10-5-6-11-12(16)9-14(15(17)18)20-13(11)8-10/h5-6,8-9H,2-4,7H2,1H3,(H,17,18). The van der Waals surface area contributed by atoms with Gasteiger partial charge in [0.15, 0.2) is 5.43 Å². The molecule has 0 aliphatic rings. The lowest BCUT2D eigenvalue weighted by Crippen LogP contribution is -2.06. The van der Waals surface area contributed by atoms with Gasteiger partial charge in [-0.1, -0.05) is 19.8 Å². The number of rotatable bonds is 6. The highest BCUT2D eigenvalue weighted by Crippen LogP contribution is 2.20. The van der Waals surface area contributed by atoms with Gasteiger partial charge in [0.25, 0.3) is 0 Å². The second kappa shape index (κ2) is 6.23. The van der Waals surface area contributed by atoms with Gasteiger partial charge in [-0.3, -0.25) is 4.79 Å². The second-order valence-corrected chi connectivity index (χ2v) is 4.49. The predicted octanol–water partition coefficient (Wildman–Crippen LogP) is 3.06. The van der Waals surface area contributed by atoms with Crippen molar-refractivity contribution in [3.63, 3.8) is 0 Å². The molecule has 0 radical (unpaired) electrons. The molecule has 0 bridgehead atoms. The third-order valence-electron chi connectivity index (χ3n) is 2.93. The molecule has 2 rings (SSSR count). The van der Waals surface area contributed by atoms with Gasteiger partial charge in [0, 0.05) is 12.1 Å². The summed E-state index contributed by atoms with van der Waals surface area (Å²) in [5, 5.41) is 9.22. The Morgan fingerprint density at radius 3 is 2.80 bits per heavy atom. The molecule has 0 fully saturated rings. The fourth-order valence-electron chi connectivity index (χ4n) is 1.87. The summed E-state index contributed by atoms with van der Waals surface area (Å²) in [6, 6.07) is 5.80. The molecule has 0 aliphatic heterocycles. The lowest BCUT2D eigenvalue weighted by molar-refractivity contribution is 0.0663. The van der Waals surface area contributed by atoms with E-state index >= 15 is 0 Å². The Morgan fingerprint density at radius 2 is 2.10 bits per heavy atom. The lowest BCUT2D eigenvalue weighted by atomic mass is 10.2.